The maximum atomic E-state index is 13.6. The van der Waals surface area contributed by atoms with Crippen molar-refractivity contribution >= 4 is 59.2 Å². The molecule has 318 valence electrons. The molecule has 0 bridgehead atoms. The van der Waals surface area contributed by atoms with E-state index in [1.54, 1.807) is 27.7 Å². The molecule has 0 aliphatic rings. The van der Waals surface area contributed by atoms with Gasteiger partial charge in [-0.15, -0.1) is 0 Å². The number of nitrogens with one attached hydrogen (secondary N) is 7. The summed E-state index contributed by atoms with van der Waals surface area (Å²) in [7, 11) is 0. The zero-order valence-electron chi connectivity index (χ0n) is 32.8. The maximum absolute atomic E-state index is 13.6. The molecule has 0 rings (SSSR count). The summed E-state index contributed by atoms with van der Waals surface area (Å²) in [5.41, 5.74) is 11.2. The predicted octanol–water partition coefficient (Wildman–Crippen LogP) is -4.08. The van der Waals surface area contributed by atoms with E-state index >= 15 is 0 Å². The average molecular weight is 802 g/mol. The van der Waals surface area contributed by atoms with Gasteiger partial charge in [0.1, 0.15) is 36.8 Å². The number of carbonyl (C=O) groups excluding carboxylic acids is 8. The molecule has 0 aromatic carbocycles. The van der Waals surface area contributed by atoms with Crippen molar-refractivity contribution in [2.45, 2.75) is 123 Å². The van der Waals surface area contributed by atoms with Gasteiger partial charge in [-0.3, -0.25) is 47.9 Å². The van der Waals surface area contributed by atoms with E-state index < -0.39 is 133 Å². The summed E-state index contributed by atoms with van der Waals surface area (Å²) in [5, 5.41) is 44.5. The normalized spacial score (nSPS) is 15.3. The maximum Gasteiger partial charge on any atom is 0.322 e. The summed E-state index contributed by atoms with van der Waals surface area (Å²) >= 11 is 0. The number of rotatable bonds is 26. The molecule has 0 radical (unpaired) electrons. The zero-order valence-corrected chi connectivity index (χ0v) is 32.8. The fourth-order valence-electron chi connectivity index (χ4n) is 5.06. The van der Waals surface area contributed by atoms with Crippen molar-refractivity contribution < 1.29 is 63.3 Å². The first kappa shape index (κ1) is 50.6. The molecule has 56 heavy (non-hydrogen) atoms. The van der Waals surface area contributed by atoms with Crippen LogP contribution in [0.2, 0.25) is 0 Å². The van der Waals surface area contributed by atoms with Gasteiger partial charge in [-0.1, -0.05) is 48.0 Å². The number of carboxylic acids is 2. The number of aliphatic hydroxyl groups is 1. The molecular formula is C34H59N9O13. The summed E-state index contributed by atoms with van der Waals surface area (Å²) in [6.07, 6.45) is -2.77. The van der Waals surface area contributed by atoms with Gasteiger partial charge < -0.3 is 64.0 Å². The third kappa shape index (κ3) is 19.8. The number of aliphatic hydroxyl groups excluding tert-OH is 1. The van der Waals surface area contributed by atoms with Crippen molar-refractivity contribution in [1.82, 2.24) is 37.2 Å². The van der Waals surface area contributed by atoms with Crippen molar-refractivity contribution in [3.63, 3.8) is 0 Å². The van der Waals surface area contributed by atoms with Crippen molar-refractivity contribution in [3.8, 4) is 0 Å². The van der Waals surface area contributed by atoms with Crippen molar-refractivity contribution in [2.75, 3.05) is 13.1 Å². The second-order valence-corrected chi connectivity index (χ2v) is 14.3. The van der Waals surface area contributed by atoms with E-state index in [-0.39, 0.29) is 31.1 Å². The van der Waals surface area contributed by atoms with Crippen molar-refractivity contribution in [2.24, 2.45) is 29.2 Å². The number of nitrogens with two attached hydrogens (primary N) is 2. The number of carbonyl (C=O) groups is 10. The quantitative estimate of drug-likeness (QED) is 0.0396. The Kier molecular flexibility index (Phi) is 22.5. The number of hydrogen-bond donors (Lipinski definition) is 12. The molecule has 0 aromatic heterocycles. The number of aliphatic carboxylic acids is 2. The van der Waals surface area contributed by atoms with Gasteiger partial charge in [-0.25, -0.2) is 0 Å². The number of amides is 8. The van der Waals surface area contributed by atoms with Gasteiger partial charge in [0.15, 0.2) is 0 Å². The van der Waals surface area contributed by atoms with Crippen LogP contribution in [0.5, 0.6) is 0 Å². The molecule has 22 heteroatoms. The van der Waals surface area contributed by atoms with Gasteiger partial charge in [0.25, 0.3) is 0 Å². The van der Waals surface area contributed by atoms with Gasteiger partial charge in [-0.05, 0) is 37.5 Å². The molecule has 0 saturated carbocycles. The van der Waals surface area contributed by atoms with E-state index in [4.69, 9.17) is 16.6 Å². The first-order chi connectivity index (χ1) is 25.9. The summed E-state index contributed by atoms with van der Waals surface area (Å²) < 4.78 is 0. The van der Waals surface area contributed by atoms with E-state index in [1.807, 2.05) is 19.2 Å². The molecule has 14 N–H and O–H groups in total. The molecule has 8 amide bonds. The minimum Gasteiger partial charge on any atom is -0.481 e. The summed E-state index contributed by atoms with van der Waals surface area (Å²) in [5.74, 6) is -11.7. The molecule has 0 spiro atoms. The fraction of sp³-hybridized carbons (Fsp3) is 0.706. The molecule has 8 unspecified atom stereocenters. The molecule has 8 atom stereocenters. The van der Waals surface area contributed by atoms with Crippen LogP contribution in [0, 0.1) is 17.8 Å². The highest BCUT2D eigenvalue weighted by Crippen LogP contribution is 2.12. The Morgan fingerprint density at radius 3 is 1.50 bits per heavy atom. The van der Waals surface area contributed by atoms with Gasteiger partial charge in [0, 0.05) is 0 Å². The second-order valence-electron chi connectivity index (χ2n) is 14.3. The Morgan fingerprint density at radius 2 is 1.04 bits per heavy atom. The lowest BCUT2D eigenvalue weighted by molar-refractivity contribution is -0.142. The first-order valence-electron chi connectivity index (χ1n) is 18.1. The van der Waals surface area contributed by atoms with E-state index in [2.05, 4.69) is 31.9 Å². The van der Waals surface area contributed by atoms with Crippen LogP contribution in [0.15, 0.2) is 0 Å². The van der Waals surface area contributed by atoms with Crippen LogP contribution in [0.4, 0.5) is 0 Å². The molecule has 0 aliphatic carbocycles. The Labute approximate surface area is 324 Å². The molecule has 22 nitrogen and oxygen atoms in total. The van der Waals surface area contributed by atoms with E-state index in [9.17, 15) is 58.2 Å². The minimum atomic E-state index is -1.90. The predicted molar refractivity (Wildman–Crippen MR) is 197 cm³/mol. The van der Waals surface area contributed by atoms with Crippen LogP contribution in [0.25, 0.3) is 0 Å². The average Bonchev–Trinajstić information content (AvgIpc) is 3.08. The highest BCUT2D eigenvalue weighted by Gasteiger charge is 2.36. The van der Waals surface area contributed by atoms with Gasteiger partial charge in [0.05, 0.1) is 31.5 Å². The molecule has 0 fully saturated rings. The van der Waals surface area contributed by atoms with Crippen LogP contribution < -0.4 is 48.7 Å². The highest BCUT2D eigenvalue weighted by atomic mass is 16.4. The van der Waals surface area contributed by atoms with Crippen LogP contribution in [0.1, 0.15) is 80.6 Å². The van der Waals surface area contributed by atoms with E-state index in [1.165, 1.54) is 6.92 Å². The van der Waals surface area contributed by atoms with Crippen LogP contribution >= 0.6 is 0 Å². The fourth-order valence-corrected chi connectivity index (χ4v) is 5.06. The monoisotopic (exact) mass is 801 g/mol. The molecule has 0 saturated heterocycles. The minimum absolute atomic E-state index is 0.00365. The highest BCUT2D eigenvalue weighted by molar-refractivity contribution is 5.99. The van der Waals surface area contributed by atoms with Crippen LogP contribution in [-0.4, -0.2) is 130 Å². The van der Waals surface area contributed by atoms with Crippen LogP contribution in [-0.2, 0) is 47.9 Å². The lowest BCUT2D eigenvalue weighted by Crippen LogP contribution is -2.62. The molecule has 0 aromatic rings. The van der Waals surface area contributed by atoms with E-state index in [0.29, 0.717) is 0 Å². The summed E-state index contributed by atoms with van der Waals surface area (Å²) in [6.45, 7) is 10.2. The topological polar surface area (TPSA) is 368 Å². The van der Waals surface area contributed by atoms with Gasteiger partial charge in [-0.2, -0.15) is 0 Å². The molecule has 0 aliphatic heterocycles. The Morgan fingerprint density at radius 1 is 0.554 bits per heavy atom. The first-order valence-corrected chi connectivity index (χ1v) is 18.1. The zero-order chi connectivity index (χ0) is 43.4. The number of primary amides is 1. The van der Waals surface area contributed by atoms with Crippen LogP contribution in [0.3, 0.4) is 0 Å². The standard InChI is InChI=1S/C34H59N9O13/c1-8-17(6)27(42-34(56)28(18(7)44)43-29(51)19(35)9-15(2)3)33(55)41-22(12-25(47)48)32(54)40-21(11-23(36)45)31(53)39-20(10-16(4)5)30(52)38-13-24(46)37-14-26(49)50/h15-22,27-28,44H,8-14,35H2,1-7H3,(H2,36,45)(H,37,46)(H,38,52)(H,39,53)(H,40,54)(H,41,55)(H,42,56)(H,43,51)(H,47,48)(H,49,50). The van der Waals surface area contributed by atoms with Crippen molar-refractivity contribution in [1.29, 1.82) is 0 Å². The molecule has 0 heterocycles. The third-order valence-electron chi connectivity index (χ3n) is 8.17. The largest absolute Gasteiger partial charge is 0.481 e. The number of hydrogen-bond acceptors (Lipinski definition) is 12. The Bertz CT molecular complexity index is 1420. The van der Waals surface area contributed by atoms with Crippen molar-refractivity contribution in [3.05, 3.63) is 0 Å². The summed E-state index contributed by atoms with van der Waals surface area (Å²) in [4.78, 5) is 126. The third-order valence-corrected chi connectivity index (χ3v) is 8.17. The van der Waals surface area contributed by atoms with Gasteiger partial charge >= 0.3 is 11.9 Å². The van der Waals surface area contributed by atoms with E-state index in [0.717, 1.165) is 0 Å². The van der Waals surface area contributed by atoms with Gasteiger partial charge in [0.2, 0.25) is 47.3 Å². The lowest BCUT2D eigenvalue weighted by Gasteiger charge is -2.29. The summed E-state index contributed by atoms with van der Waals surface area (Å²) in [6, 6.07) is -9.02. The Hall–Kier alpha value is -5.38. The second kappa shape index (κ2) is 24.9. The lowest BCUT2D eigenvalue weighted by atomic mass is 9.96. The number of carboxylic acid groups (broad SMARTS) is 2. The molecular weight excluding hydrogens is 742 g/mol. The smallest absolute Gasteiger partial charge is 0.322 e. The Balaban J connectivity index is 6.22. The SMILES string of the molecule is CCC(C)C(NC(=O)C(NC(=O)C(N)CC(C)C)C(C)O)C(=O)NC(CC(=O)O)C(=O)NC(CC(N)=O)C(=O)NC(CC(C)C)C(=O)NCC(=O)NCC(=O)O.